The summed E-state index contributed by atoms with van der Waals surface area (Å²) in [7, 11) is 0. The van der Waals surface area contributed by atoms with Crippen LogP contribution in [-0.4, -0.2) is 33.0 Å². The molecule has 0 aliphatic rings. The number of carbonyl (C=O) groups excluding carboxylic acids is 1. The fourth-order valence-electron chi connectivity index (χ4n) is 2.99. The van der Waals surface area contributed by atoms with Gasteiger partial charge in [0.1, 0.15) is 17.3 Å². The van der Waals surface area contributed by atoms with Crippen LogP contribution in [0.5, 0.6) is 11.5 Å². The topological polar surface area (TPSA) is 78.3 Å². The maximum Gasteiger partial charge on any atom is 0.234 e. The van der Waals surface area contributed by atoms with E-state index < -0.39 is 11.9 Å². The molecule has 10 heteroatoms. The summed E-state index contributed by atoms with van der Waals surface area (Å²) in [6.07, 6.45) is 1.18. The molecule has 2 aromatic carbocycles. The molecule has 0 radical (unpaired) electrons. The molecule has 1 heterocycles. The minimum Gasteiger partial charge on any atom is -0.492 e. The number of hydrogen-bond acceptors (Lipinski definition) is 6. The van der Waals surface area contributed by atoms with Crippen molar-refractivity contribution < 1.29 is 18.7 Å². The molecule has 0 spiro atoms. The molecule has 7 nitrogen and oxygen atoms in total. The number of amides is 1. The van der Waals surface area contributed by atoms with Gasteiger partial charge in [0.25, 0.3) is 0 Å². The monoisotopic (exact) mass is 490 g/mol. The van der Waals surface area contributed by atoms with Crippen LogP contribution in [0.3, 0.4) is 0 Å². The number of hydrogen-bond donors (Lipinski definition) is 1. The van der Waals surface area contributed by atoms with E-state index in [2.05, 4.69) is 22.1 Å². The van der Waals surface area contributed by atoms with Gasteiger partial charge in [-0.25, -0.2) is 4.39 Å². The number of ether oxygens (including phenoxy) is 2. The molecular weight excluding hydrogens is 467 g/mol. The van der Waals surface area contributed by atoms with Crippen LogP contribution in [0.15, 0.2) is 60.3 Å². The average Bonchev–Trinajstić information content (AvgIpc) is 3.19. The number of nitrogens with one attached hydrogen (secondary N) is 1. The predicted octanol–water partition coefficient (Wildman–Crippen LogP) is 5.53. The Morgan fingerprint density at radius 1 is 1.30 bits per heavy atom. The third-order valence-corrected chi connectivity index (χ3v) is 5.67. The van der Waals surface area contributed by atoms with Gasteiger partial charge in [-0.15, -0.1) is 16.8 Å². The Labute approximate surface area is 200 Å². The number of benzene rings is 2. The molecule has 0 saturated carbocycles. The summed E-state index contributed by atoms with van der Waals surface area (Å²) in [6.45, 7) is 8.37. The molecule has 0 saturated heterocycles. The van der Waals surface area contributed by atoms with Gasteiger partial charge in [0.05, 0.1) is 23.1 Å². The summed E-state index contributed by atoms with van der Waals surface area (Å²) >= 11 is 7.31. The van der Waals surface area contributed by atoms with Gasteiger partial charge in [-0.2, -0.15) is 0 Å². The van der Waals surface area contributed by atoms with Crippen molar-refractivity contribution in [3.05, 3.63) is 71.8 Å². The molecule has 1 amide bonds. The molecule has 0 aliphatic heterocycles. The van der Waals surface area contributed by atoms with Crippen LogP contribution in [-0.2, 0) is 11.3 Å². The Balaban J connectivity index is 1.69. The van der Waals surface area contributed by atoms with Crippen LogP contribution >= 0.6 is 23.4 Å². The van der Waals surface area contributed by atoms with Gasteiger partial charge in [-0.1, -0.05) is 41.6 Å². The van der Waals surface area contributed by atoms with Crippen LogP contribution in [0.25, 0.3) is 0 Å². The number of allylic oxidation sites excluding steroid dienone is 1. The highest BCUT2D eigenvalue weighted by Gasteiger charge is 2.21. The van der Waals surface area contributed by atoms with Crippen molar-refractivity contribution in [2.75, 3.05) is 17.7 Å². The highest BCUT2D eigenvalue weighted by molar-refractivity contribution is 7.99. The molecule has 1 atom stereocenters. The first-order valence-corrected chi connectivity index (χ1v) is 11.6. The predicted molar refractivity (Wildman–Crippen MR) is 128 cm³/mol. The Bertz CT molecular complexity index is 1120. The molecule has 0 bridgehead atoms. The van der Waals surface area contributed by atoms with Crippen LogP contribution in [0.2, 0.25) is 5.02 Å². The summed E-state index contributed by atoms with van der Waals surface area (Å²) < 4.78 is 26.5. The van der Waals surface area contributed by atoms with E-state index in [1.54, 1.807) is 29.7 Å². The quantitative estimate of drug-likeness (QED) is 0.281. The van der Waals surface area contributed by atoms with Gasteiger partial charge in [-0.3, -0.25) is 9.36 Å². The SMILES string of the molecule is C=CCn1c(SCC(=O)Nc2ccccc2OCC)nnc1C(C)Oc1ccc(F)cc1Cl. The van der Waals surface area contributed by atoms with E-state index in [0.29, 0.717) is 41.3 Å². The number of thioether (sulfide) groups is 1. The van der Waals surface area contributed by atoms with E-state index in [9.17, 15) is 9.18 Å². The van der Waals surface area contributed by atoms with E-state index >= 15 is 0 Å². The van der Waals surface area contributed by atoms with Gasteiger partial charge in [0.2, 0.25) is 5.91 Å². The van der Waals surface area contributed by atoms with Crippen LogP contribution < -0.4 is 14.8 Å². The Kier molecular flexibility index (Phi) is 8.73. The second-order valence-electron chi connectivity index (χ2n) is 6.84. The first-order chi connectivity index (χ1) is 15.9. The first kappa shape index (κ1) is 24.6. The third-order valence-electron chi connectivity index (χ3n) is 4.41. The zero-order valence-electron chi connectivity index (χ0n) is 18.3. The van der Waals surface area contributed by atoms with Crippen molar-refractivity contribution in [2.45, 2.75) is 31.7 Å². The highest BCUT2D eigenvalue weighted by atomic mass is 35.5. The average molecular weight is 491 g/mol. The lowest BCUT2D eigenvalue weighted by molar-refractivity contribution is -0.113. The maximum atomic E-state index is 13.3. The molecule has 1 aromatic heterocycles. The fourth-order valence-corrected chi connectivity index (χ4v) is 3.96. The van der Waals surface area contributed by atoms with Gasteiger partial charge >= 0.3 is 0 Å². The van der Waals surface area contributed by atoms with Gasteiger partial charge < -0.3 is 14.8 Å². The summed E-state index contributed by atoms with van der Waals surface area (Å²) in [5, 5.41) is 12.0. The standard InChI is InChI=1S/C23H24ClFN4O3S/c1-4-12-29-22(15(3)32-19-11-10-16(25)13-17(19)24)27-28-23(29)33-14-21(30)26-18-8-6-7-9-20(18)31-5-2/h4,6-11,13,15H,1,5,12,14H2,2-3H3,(H,26,30). The zero-order chi connectivity index (χ0) is 23.8. The van der Waals surface area contributed by atoms with Crippen LogP contribution in [0, 0.1) is 5.82 Å². The van der Waals surface area contributed by atoms with Crippen molar-refractivity contribution in [1.82, 2.24) is 14.8 Å². The maximum absolute atomic E-state index is 13.3. The molecular formula is C23H24ClFN4O3S. The lowest BCUT2D eigenvalue weighted by atomic mass is 10.3. The Morgan fingerprint density at radius 2 is 2.09 bits per heavy atom. The lowest BCUT2D eigenvalue weighted by Crippen LogP contribution is -2.16. The van der Waals surface area contributed by atoms with Gasteiger partial charge in [0, 0.05) is 6.54 Å². The second kappa shape index (κ2) is 11.7. The van der Waals surface area contributed by atoms with Crippen molar-refractivity contribution >= 4 is 35.0 Å². The van der Waals surface area contributed by atoms with Crippen LogP contribution in [0.4, 0.5) is 10.1 Å². The number of rotatable bonds is 11. The molecule has 1 unspecified atom stereocenters. The number of carbonyl (C=O) groups is 1. The summed E-state index contributed by atoms with van der Waals surface area (Å²) in [4.78, 5) is 12.5. The first-order valence-electron chi connectivity index (χ1n) is 10.2. The molecule has 3 rings (SSSR count). The highest BCUT2D eigenvalue weighted by Crippen LogP contribution is 2.30. The van der Waals surface area contributed by atoms with Crippen molar-refractivity contribution in [3.63, 3.8) is 0 Å². The Morgan fingerprint density at radius 3 is 2.82 bits per heavy atom. The fraction of sp³-hybridized carbons (Fsp3) is 0.261. The summed E-state index contributed by atoms with van der Waals surface area (Å²) in [5.74, 6) is 0.940. The van der Waals surface area contributed by atoms with E-state index in [0.717, 1.165) is 0 Å². The summed E-state index contributed by atoms with van der Waals surface area (Å²) in [6, 6.07) is 11.2. The normalized spacial score (nSPS) is 11.6. The zero-order valence-corrected chi connectivity index (χ0v) is 19.8. The van der Waals surface area contributed by atoms with E-state index in [4.69, 9.17) is 21.1 Å². The molecule has 1 N–H and O–H groups in total. The van der Waals surface area contributed by atoms with Crippen molar-refractivity contribution in [3.8, 4) is 11.5 Å². The largest absolute Gasteiger partial charge is 0.492 e. The molecule has 174 valence electrons. The number of nitrogens with zero attached hydrogens (tertiary/aromatic N) is 3. The number of aromatic nitrogens is 3. The smallest absolute Gasteiger partial charge is 0.234 e. The van der Waals surface area contributed by atoms with Gasteiger partial charge in [-0.05, 0) is 44.2 Å². The molecule has 0 aliphatic carbocycles. The minimum atomic E-state index is -0.526. The lowest BCUT2D eigenvalue weighted by Gasteiger charge is -2.16. The van der Waals surface area contributed by atoms with E-state index in [1.165, 1.54) is 30.0 Å². The molecule has 3 aromatic rings. The minimum absolute atomic E-state index is 0.120. The van der Waals surface area contributed by atoms with Crippen molar-refractivity contribution in [1.29, 1.82) is 0 Å². The van der Waals surface area contributed by atoms with Crippen molar-refractivity contribution in [2.24, 2.45) is 0 Å². The van der Waals surface area contributed by atoms with E-state index in [1.807, 2.05) is 19.1 Å². The Hall–Kier alpha value is -3.04. The van der Waals surface area contributed by atoms with Gasteiger partial charge in [0.15, 0.2) is 17.1 Å². The van der Waals surface area contributed by atoms with E-state index in [-0.39, 0.29) is 16.7 Å². The number of halogens is 2. The third kappa shape index (κ3) is 6.49. The number of para-hydroxylation sites is 2. The summed E-state index contributed by atoms with van der Waals surface area (Å²) in [5.41, 5.74) is 0.608. The second-order valence-corrected chi connectivity index (χ2v) is 8.19. The molecule has 33 heavy (non-hydrogen) atoms. The van der Waals surface area contributed by atoms with Crippen LogP contribution in [0.1, 0.15) is 25.8 Å². The molecule has 0 fully saturated rings. The number of anilines is 1.